The van der Waals surface area contributed by atoms with Crippen LogP contribution in [0.1, 0.15) is 28.7 Å². The Morgan fingerprint density at radius 1 is 1.22 bits per heavy atom. The van der Waals surface area contributed by atoms with E-state index in [9.17, 15) is 4.79 Å². The second-order valence-electron chi connectivity index (χ2n) is 4.44. The van der Waals surface area contributed by atoms with Crippen molar-refractivity contribution in [3.8, 4) is 5.69 Å². The zero-order chi connectivity index (χ0) is 13.3. The molecule has 94 valence electrons. The van der Waals surface area contributed by atoms with Crippen LogP contribution in [0.25, 0.3) is 5.69 Å². The molecule has 1 unspecified atom stereocenters. The van der Waals surface area contributed by atoms with Crippen molar-refractivity contribution in [2.24, 2.45) is 0 Å². The fraction of sp³-hybridized carbons (Fsp3) is 0.267. The van der Waals surface area contributed by atoms with E-state index in [0.29, 0.717) is 0 Å². The summed E-state index contributed by atoms with van der Waals surface area (Å²) in [5.74, 6) is 0.130. The van der Waals surface area contributed by atoms with Gasteiger partial charge in [0.2, 0.25) is 0 Å². The minimum Gasteiger partial charge on any atom is -0.318 e. The highest BCUT2D eigenvalue weighted by molar-refractivity contribution is 9.10. The molecular formula is C15H16BrNO. The summed E-state index contributed by atoms with van der Waals surface area (Å²) in [5, 5.41) is 0. The van der Waals surface area contributed by atoms with Crippen LogP contribution >= 0.6 is 15.9 Å². The molecule has 0 bridgehead atoms. The van der Waals surface area contributed by atoms with Gasteiger partial charge in [-0.2, -0.15) is 0 Å². The largest absolute Gasteiger partial charge is 0.318 e. The third-order valence-corrected chi connectivity index (χ3v) is 3.49. The van der Waals surface area contributed by atoms with Crippen LogP contribution in [0.2, 0.25) is 0 Å². The van der Waals surface area contributed by atoms with E-state index in [2.05, 4.69) is 20.5 Å². The van der Waals surface area contributed by atoms with Gasteiger partial charge in [-0.3, -0.25) is 4.79 Å². The number of ketones is 1. The number of aryl methyl sites for hydroxylation is 1. The van der Waals surface area contributed by atoms with Crippen molar-refractivity contribution in [1.82, 2.24) is 4.57 Å². The molecule has 0 aliphatic heterocycles. The molecule has 0 saturated heterocycles. The normalized spacial score (nSPS) is 12.4. The number of carbonyl (C=O) groups excluding carboxylic acids is 1. The Kier molecular flexibility index (Phi) is 3.71. The number of Topliss-reactive ketones (excluding diaryl/α,β-unsaturated/α-hetero) is 1. The first-order chi connectivity index (χ1) is 8.52. The molecular weight excluding hydrogens is 290 g/mol. The zero-order valence-electron chi connectivity index (χ0n) is 10.8. The second kappa shape index (κ2) is 5.11. The summed E-state index contributed by atoms with van der Waals surface area (Å²) in [5.41, 5.74) is 3.96. The maximum Gasteiger partial charge on any atom is 0.177 e. The first kappa shape index (κ1) is 13.1. The molecule has 1 heterocycles. The Balaban J connectivity index is 2.55. The number of benzene rings is 1. The van der Waals surface area contributed by atoms with Crippen LogP contribution in [0.4, 0.5) is 0 Å². The van der Waals surface area contributed by atoms with E-state index < -0.39 is 0 Å². The van der Waals surface area contributed by atoms with Crippen molar-refractivity contribution in [3.05, 3.63) is 53.3 Å². The van der Waals surface area contributed by atoms with E-state index in [4.69, 9.17) is 0 Å². The molecule has 0 radical (unpaired) electrons. The van der Waals surface area contributed by atoms with Gasteiger partial charge >= 0.3 is 0 Å². The van der Waals surface area contributed by atoms with Gasteiger partial charge in [0.25, 0.3) is 0 Å². The van der Waals surface area contributed by atoms with E-state index in [1.807, 2.05) is 57.2 Å². The number of aromatic nitrogens is 1. The third kappa shape index (κ3) is 2.27. The van der Waals surface area contributed by atoms with Gasteiger partial charge < -0.3 is 4.57 Å². The molecule has 1 aromatic carbocycles. The van der Waals surface area contributed by atoms with Crippen molar-refractivity contribution in [2.45, 2.75) is 25.6 Å². The van der Waals surface area contributed by atoms with Gasteiger partial charge in [0.05, 0.1) is 4.83 Å². The first-order valence-corrected chi connectivity index (χ1v) is 6.86. The van der Waals surface area contributed by atoms with Crippen LogP contribution in [0.5, 0.6) is 0 Å². The van der Waals surface area contributed by atoms with Crippen LogP contribution in [0.3, 0.4) is 0 Å². The summed E-state index contributed by atoms with van der Waals surface area (Å²) in [6.07, 6.45) is 0. The monoisotopic (exact) mass is 305 g/mol. The van der Waals surface area contributed by atoms with Gasteiger partial charge in [-0.25, -0.2) is 0 Å². The van der Waals surface area contributed by atoms with Crippen molar-refractivity contribution < 1.29 is 4.79 Å². The molecule has 0 aliphatic carbocycles. The summed E-state index contributed by atoms with van der Waals surface area (Å²) in [6.45, 7) is 5.87. The molecule has 0 fully saturated rings. The summed E-state index contributed by atoms with van der Waals surface area (Å²) >= 11 is 3.34. The predicted molar refractivity (Wildman–Crippen MR) is 78.0 cm³/mol. The number of rotatable bonds is 3. The summed E-state index contributed by atoms with van der Waals surface area (Å²) < 4.78 is 2.11. The molecule has 1 atom stereocenters. The van der Waals surface area contributed by atoms with Crippen molar-refractivity contribution in [1.29, 1.82) is 0 Å². The number of hydrogen-bond donors (Lipinski definition) is 0. The highest BCUT2D eigenvalue weighted by Gasteiger charge is 2.19. The third-order valence-electron chi connectivity index (χ3n) is 3.07. The van der Waals surface area contributed by atoms with Gasteiger partial charge in [-0.15, -0.1) is 0 Å². The Morgan fingerprint density at radius 3 is 2.39 bits per heavy atom. The molecule has 18 heavy (non-hydrogen) atoms. The minimum absolute atomic E-state index is 0.130. The molecule has 0 amide bonds. The van der Waals surface area contributed by atoms with E-state index in [-0.39, 0.29) is 10.6 Å². The number of halogens is 1. The molecule has 2 nitrogen and oxygen atoms in total. The summed E-state index contributed by atoms with van der Waals surface area (Å²) in [4.78, 5) is 12.0. The second-order valence-corrected chi connectivity index (χ2v) is 5.81. The fourth-order valence-corrected chi connectivity index (χ4v) is 2.45. The molecule has 3 heteroatoms. The van der Waals surface area contributed by atoms with Crippen molar-refractivity contribution in [3.63, 3.8) is 0 Å². The Hall–Kier alpha value is -1.35. The van der Waals surface area contributed by atoms with Crippen molar-refractivity contribution in [2.75, 3.05) is 0 Å². The molecule has 2 aromatic rings. The van der Waals surface area contributed by atoms with Crippen LogP contribution in [-0.4, -0.2) is 15.2 Å². The number of para-hydroxylation sites is 1. The van der Waals surface area contributed by atoms with Gasteiger partial charge in [0, 0.05) is 22.6 Å². The molecule has 0 N–H and O–H groups in total. The molecule has 0 spiro atoms. The molecule has 0 aliphatic rings. The van der Waals surface area contributed by atoms with E-state index in [0.717, 1.165) is 22.6 Å². The lowest BCUT2D eigenvalue weighted by Gasteiger charge is -2.09. The van der Waals surface area contributed by atoms with Crippen molar-refractivity contribution >= 4 is 21.7 Å². The average Bonchev–Trinajstić information content (AvgIpc) is 2.65. The Morgan fingerprint density at radius 2 is 1.83 bits per heavy atom. The van der Waals surface area contributed by atoms with Crippen LogP contribution in [0, 0.1) is 13.8 Å². The zero-order valence-corrected chi connectivity index (χ0v) is 12.4. The van der Waals surface area contributed by atoms with E-state index >= 15 is 0 Å². The summed E-state index contributed by atoms with van der Waals surface area (Å²) in [6, 6.07) is 12.1. The average molecular weight is 306 g/mol. The maximum atomic E-state index is 12.1. The SMILES string of the molecule is Cc1cc(C(=O)C(C)Br)c(C)n1-c1ccccc1. The van der Waals surface area contributed by atoms with Crippen LogP contribution < -0.4 is 0 Å². The number of carbonyl (C=O) groups is 1. The van der Waals surface area contributed by atoms with Crippen LogP contribution in [-0.2, 0) is 0 Å². The van der Waals surface area contributed by atoms with E-state index in [1.54, 1.807) is 0 Å². The van der Waals surface area contributed by atoms with Gasteiger partial charge in [-0.05, 0) is 39.0 Å². The fourth-order valence-electron chi connectivity index (χ4n) is 2.20. The molecule has 2 rings (SSSR count). The number of hydrogen-bond acceptors (Lipinski definition) is 1. The van der Waals surface area contributed by atoms with Gasteiger partial charge in [0.15, 0.2) is 5.78 Å². The Bertz CT molecular complexity index is 570. The lowest BCUT2D eigenvalue weighted by Crippen LogP contribution is -2.11. The highest BCUT2D eigenvalue weighted by Crippen LogP contribution is 2.23. The quantitative estimate of drug-likeness (QED) is 0.619. The number of alkyl halides is 1. The minimum atomic E-state index is -0.151. The maximum absolute atomic E-state index is 12.1. The predicted octanol–water partition coefficient (Wildman–Crippen LogP) is 4.06. The summed E-state index contributed by atoms with van der Waals surface area (Å²) in [7, 11) is 0. The molecule has 1 aromatic heterocycles. The highest BCUT2D eigenvalue weighted by atomic mass is 79.9. The van der Waals surface area contributed by atoms with E-state index in [1.165, 1.54) is 0 Å². The standard InChI is InChI=1S/C15H16BrNO/c1-10-9-14(15(18)11(2)16)12(3)17(10)13-7-5-4-6-8-13/h4-9,11H,1-3H3. The number of nitrogens with zero attached hydrogens (tertiary/aromatic N) is 1. The smallest absolute Gasteiger partial charge is 0.177 e. The van der Waals surface area contributed by atoms with Crippen LogP contribution in [0.15, 0.2) is 36.4 Å². The van der Waals surface area contributed by atoms with Gasteiger partial charge in [0.1, 0.15) is 0 Å². The topological polar surface area (TPSA) is 22.0 Å². The Labute approximate surface area is 116 Å². The lowest BCUT2D eigenvalue weighted by atomic mass is 10.1. The lowest BCUT2D eigenvalue weighted by molar-refractivity contribution is 0.0995. The van der Waals surface area contributed by atoms with Gasteiger partial charge in [-0.1, -0.05) is 34.1 Å². The molecule has 0 saturated carbocycles. The first-order valence-electron chi connectivity index (χ1n) is 5.95.